The number of rotatable bonds is 5. The molecular weight excluding hydrogens is 442 g/mol. The minimum absolute atomic E-state index is 0.134. The number of nitrogens with two attached hydrogens (primary N) is 1. The van der Waals surface area contributed by atoms with E-state index in [-0.39, 0.29) is 28.3 Å². The summed E-state index contributed by atoms with van der Waals surface area (Å²) in [5, 5.41) is 0.620. The maximum absolute atomic E-state index is 13.8. The summed E-state index contributed by atoms with van der Waals surface area (Å²) in [7, 11) is -2.56. The van der Waals surface area contributed by atoms with Crippen molar-refractivity contribution in [3.05, 3.63) is 71.9 Å². The Balaban J connectivity index is 1.87. The molecule has 0 fully saturated rings. The van der Waals surface area contributed by atoms with Crippen LogP contribution in [0, 0.1) is 0 Å². The Morgan fingerprint density at radius 1 is 1.15 bits per heavy atom. The Morgan fingerprint density at radius 2 is 1.91 bits per heavy atom. The Kier molecular flexibility index (Phi) is 4.95. The van der Waals surface area contributed by atoms with E-state index in [1.54, 1.807) is 60.7 Å². The lowest BCUT2D eigenvalue weighted by Gasteiger charge is -2.13. The van der Waals surface area contributed by atoms with Crippen molar-refractivity contribution in [2.24, 2.45) is 5.73 Å². The van der Waals surface area contributed by atoms with Crippen molar-refractivity contribution < 1.29 is 22.7 Å². The van der Waals surface area contributed by atoms with Gasteiger partial charge in [-0.25, -0.2) is 17.4 Å². The normalized spacial score (nSPS) is 15.3. The van der Waals surface area contributed by atoms with Crippen LogP contribution in [-0.2, 0) is 10.0 Å². The van der Waals surface area contributed by atoms with E-state index >= 15 is 0 Å². The van der Waals surface area contributed by atoms with Crippen molar-refractivity contribution in [3.63, 3.8) is 0 Å². The number of ketones is 1. The third-order valence-electron chi connectivity index (χ3n) is 5.68. The van der Waals surface area contributed by atoms with Crippen LogP contribution in [0.15, 0.2) is 65.6 Å². The zero-order chi connectivity index (χ0) is 23.3. The van der Waals surface area contributed by atoms with Gasteiger partial charge in [-0.05, 0) is 30.3 Å². The number of benzene rings is 2. The second-order valence-electron chi connectivity index (χ2n) is 7.79. The fourth-order valence-corrected chi connectivity index (χ4v) is 5.61. The molecule has 9 heteroatoms. The van der Waals surface area contributed by atoms with Crippen LogP contribution in [-0.4, -0.2) is 36.9 Å². The van der Waals surface area contributed by atoms with Gasteiger partial charge in [-0.15, -0.1) is 0 Å². The number of nitrogens with zero attached hydrogens (tertiary/aromatic N) is 2. The number of ether oxygens (including phenoxy) is 2. The summed E-state index contributed by atoms with van der Waals surface area (Å²) in [6, 6.07) is 16.3. The largest absolute Gasteiger partial charge is 0.491 e. The fraction of sp³-hybridized carbons (Fsp3) is 0.167. The lowest BCUT2D eigenvalue weighted by atomic mass is 10.1. The van der Waals surface area contributed by atoms with Crippen LogP contribution in [0.5, 0.6) is 11.6 Å². The van der Waals surface area contributed by atoms with Crippen LogP contribution in [0.25, 0.3) is 22.2 Å². The van der Waals surface area contributed by atoms with Crippen molar-refractivity contribution in [3.8, 4) is 22.9 Å². The molecule has 0 bridgehead atoms. The van der Waals surface area contributed by atoms with Crippen molar-refractivity contribution >= 4 is 26.7 Å². The number of aromatic nitrogens is 2. The monoisotopic (exact) mass is 463 g/mol. The molecule has 0 saturated carbocycles. The Hall–Kier alpha value is -3.69. The van der Waals surface area contributed by atoms with Gasteiger partial charge >= 0.3 is 0 Å². The molecule has 0 aliphatic carbocycles. The van der Waals surface area contributed by atoms with Crippen LogP contribution in [0.3, 0.4) is 0 Å². The average molecular weight is 464 g/mol. The topological polar surface area (TPSA) is 114 Å². The first-order chi connectivity index (χ1) is 15.8. The molecular formula is C24H21N3O5S. The number of carbonyl (C=O) groups excluding carboxylic acids is 1. The van der Waals surface area contributed by atoms with Crippen LogP contribution in [0.4, 0.5) is 0 Å². The molecule has 168 valence electrons. The van der Waals surface area contributed by atoms with Crippen molar-refractivity contribution in [2.45, 2.75) is 17.9 Å². The predicted octanol–water partition coefficient (Wildman–Crippen LogP) is 3.54. The number of hydrogen-bond acceptors (Lipinski definition) is 7. The van der Waals surface area contributed by atoms with E-state index in [0.29, 0.717) is 34.5 Å². The maximum atomic E-state index is 13.8. The second kappa shape index (κ2) is 7.72. The van der Waals surface area contributed by atoms with E-state index in [1.807, 2.05) is 0 Å². The smallest absolute Gasteiger partial charge is 0.268 e. The number of pyridine rings is 1. The molecule has 1 unspecified atom stereocenters. The number of fused-ring (bicyclic) bond motifs is 3. The number of carbonyl (C=O) groups is 1. The summed E-state index contributed by atoms with van der Waals surface area (Å²) in [6.07, 6.45) is 0. The quantitative estimate of drug-likeness (QED) is 0.450. The van der Waals surface area contributed by atoms with E-state index in [2.05, 4.69) is 4.98 Å². The van der Waals surface area contributed by atoms with Gasteiger partial charge < -0.3 is 15.2 Å². The van der Waals surface area contributed by atoms with Crippen LogP contribution in [0.2, 0.25) is 0 Å². The zero-order valence-corrected chi connectivity index (χ0v) is 18.8. The molecule has 1 aliphatic rings. The summed E-state index contributed by atoms with van der Waals surface area (Å²) in [6.45, 7) is 1.71. The van der Waals surface area contributed by atoms with Crippen molar-refractivity contribution in [1.82, 2.24) is 8.96 Å². The predicted molar refractivity (Wildman–Crippen MR) is 123 cm³/mol. The Bertz CT molecular complexity index is 1510. The third kappa shape index (κ3) is 3.37. The molecule has 1 atom stereocenters. The highest BCUT2D eigenvalue weighted by atomic mass is 32.2. The third-order valence-corrected chi connectivity index (χ3v) is 7.42. The molecule has 0 spiro atoms. The molecule has 33 heavy (non-hydrogen) atoms. The summed E-state index contributed by atoms with van der Waals surface area (Å²) >= 11 is 0. The highest BCUT2D eigenvalue weighted by Gasteiger charge is 2.30. The minimum Gasteiger partial charge on any atom is -0.491 e. The minimum atomic E-state index is -4.00. The van der Waals surface area contributed by atoms with Crippen molar-refractivity contribution in [2.75, 3.05) is 13.7 Å². The highest BCUT2D eigenvalue weighted by Crippen LogP contribution is 2.42. The van der Waals surface area contributed by atoms with Crippen LogP contribution >= 0.6 is 0 Å². The summed E-state index contributed by atoms with van der Waals surface area (Å²) in [4.78, 5) is 16.4. The average Bonchev–Trinajstić information content (AvgIpc) is 3.40. The van der Waals surface area contributed by atoms with Gasteiger partial charge in [0, 0.05) is 29.5 Å². The molecule has 2 aromatic heterocycles. The second-order valence-corrected chi connectivity index (χ2v) is 9.57. The van der Waals surface area contributed by atoms with E-state index in [1.165, 1.54) is 18.0 Å². The summed E-state index contributed by atoms with van der Waals surface area (Å²) < 4.78 is 40.0. The number of Topliss-reactive ketones (excluding diaryl/α,β-unsaturated/α-hetero) is 1. The van der Waals surface area contributed by atoms with Gasteiger partial charge in [0.1, 0.15) is 18.1 Å². The molecule has 5 rings (SSSR count). The van der Waals surface area contributed by atoms with Gasteiger partial charge in [0.2, 0.25) is 5.88 Å². The fourth-order valence-electron chi connectivity index (χ4n) is 4.06. The highest BCUT2D eigenvalue weighted by molar-refractivity contribution is 7.90. The molecule has 2 aromatic carbocycles. The Morgan fingerprint density at radius 3 is 2.61 bits per heavy atom. The molecule has 3 heterocycles. The van der Waals surface area contributed by atoms with Gasteiger partial charge in [-0.3, -0.25) is 4.79 Å². The molecule has 1 aliphatic heterocycles. The molecule has 4 aromatic rings. The summed E-state index contributed by atoms with van der Waals surface area (Å²) in [5.74, 6) is 0.505. The van der Waals surface area contributed by atoms with E-state index in [4.69, 9.17) is 15.2 Å². The van der Waals surface area contributed by atoms with Gasteiger partial charge in [0.15, 0.2) is 5.78 Å². The zero-order valence-electron chi connectivity index (χ0n) is 18.0. The molecule has 0 saturated heterocycles. The molecule has 0 amide bonds. The standard InChI is InChI=1S/C24H21N3O5S/c1-14(28)20-10-15(11-23(26-20)31-2)22-12-18-21(9-8-17-19(25)13-32-24(17)18)27(22)33(29,30)16-6-4-3-5-7-16/h3-12,19H,13,25H2,1-2H3. The lowest BCUT2D eigenvalue weighted by Crippen LogP contribution is -2.14. The molecule has 0 radical (unpaired) electrons. The van der Waals surface area contributed by atoms with E-state index in [0.717, 1.165) is 5.56 Å². The van der Waals surface area contributed by atoms with Gasteiger partial charge in [0.05, 0.1) is 29.3 Å². The first-order valence-electron chi connectivity index (χ1n) is 10.3. The van der Waals surface area contributed by atoms with Gasteiger partial charge in [-0.2, -0.15) is 0 Å². The summed E-state index contributed by atoms with van der Waals surface area (Å²) in [5.41, 5.74) is 8.41. The van der Waals surface area contributed by atoms with E-state index in [9.17, 15) is 13.2 Å². The molecule has 2 N–H and O–H groups in total. The first kappa shape index (κ1) is 21.2. The Labute approximate surface area is 190 Å². The maximum Gasteiger partial charge on any atom is 0.268 e. The van der Waals surface area contributed by atoms with Crippen molar-refractivity contribution in [1.29, 1.82) is 0 Å². The SMILES string of the molecule is COc1cc(-c2cc3c4c(ccc3n2S(=O)(=O)c2ccccc2)C(N)CO4)cc(C(C)=O)n1. The van der Waals surface area contributed by atoms with Gasteiger partial charge in [-0.1, -0.05) is 24.3 Å². The first-order valence-corrected chi connectivity index (χ1v) is 11.7. The van der Waals surface area contributed by atoms with Crippen LogP contribution in [0.1, 0.15) is 29.0 Å². The van der Waals surface area contributed by atoms with E-state index < -0.39 is 10.0 Å². The number of hydrogen-bond donors (Lipinski definition) is 1. The molecule has 8 nitrogen and oxygen atoms in total. The number of methoxy groups -OCH3 is 1. The van der Waals surface area contributed by atoms with Gasteiger partial charge in [0.25, 0.3) is 10.0 Å². The van der Waals surface area contributed by atoms with Crippen LogP contribution < -0.4 is 15.2 Å². The lowest BCUT2D eigenvalue weighted by molar-refractivity contribution is 0.101.